The maximum absolute atomic E-state index is 12.5. The first-order valence-corrected chi connectivity index (χ1v) is 7.79. The van der Waals surface area contributed by atoms with E-state index in [1.807, 2.05) is 0 Å². The molecule has 134 valence electrons. The summed E-state index contributed by atoms with van der Waals surface area (Å²) in [4.78, 5) is 26.0. The van der Waals surface area contributed by atoms with Crippen LogP contribution in [-0.4, -0.2) is 42.8 Å². The molecule has 2 amide bonds. The van der Waals surface area contributed by atoms with Gasteiger partial charge in [-0.25, -0.2) is 9.59 Å². The first-order chi connectivity index (χ1) is 11.8. The number of hydrogen-bond donors (Lipinski definition) is 2. The fourth-order valence-corrected chi connectivity index (χ4v) is 2.70. The highest BCUT2D eigenvalue weighted by atomic mass is 35.5. The second kappa shape index (κ2) is 7.48. The molecule has 1 aromatic rings. The minimum absolute atomic E-state index is 0.0407. The summed E-state index contributed by atoms with van der Waals surface area (Å²) in [6.07, 6.45) is 1.45. The lowest BCUT2D eigenvalue weighted by atomic mass is 9.94. The van der Waals surface area contributed by atoms with E-state index in [-0.39, 0.29) is 34.7 Å². The van der Waals surface area contributed by atoms with Crippen molar-refractivity contribution in [3.8, 4) is 11.5 Å². The van der Waals surface area contributed by atoms with Gasteiger partial charge in [0.15, 0.2) is 11.5 Å². The maximum atomic E-state index is 12.5. The number of nitrogens with one attached hydrogen (secondary N) is 1. The van der Waals surface area contributed by atoms with Crippen molar-refractivity contribution in [3.05, 3.63) is 46.6 Å². The Labute approximate surface area is 150 Å². The Bertz CT molecular complexity index is 760. The molecule has 1 aliphatic heterocycles. The van der Waals surface area contributed by atoms with Crippen LogP contribution in [0.15, 0.2) is 36.1 Å². The van der Waals surface area contributed by atoms with E-state index in [0.717, 1.165) is 0 Å². The average Bonchev–Trinajstić information content (AvgIpc) is 2.59. The van der Waals surface area contributed by atoms with Gasteiger partial charge in [-0.15, -0.1) is 0 Å². The van der Waals surface area contributed by atoms with Gasteiger partial charge < -0.3 is 24.8 Å². The number of ether oxygens (including phenoxy) is 2. The molecule has 25 heavy (non-hydrogen) atoms. The number of methoxy groups -OCH3 is 1. The summed E-state index contributed by atoms with van der Waals surface area (Å²) in [5, 5.41) is 12.7. The second-order valence-electron chi connectivity index (χ2n) is 5.38. The molecular weight excluding hydrogens is 348 g/mol. The number of benzene rings is 1. The highest BCUT2D eigenvalue weighted by Crippen LogP contribution is 2.39. The van der Waals surface area contributed by atoms with Crippen LogP contribution in [0.2, 0.25) is 5.02 Å². The highest BCUT2D eigenvalue weighted by molar-refractivity contribution is 6.32. The summed E-state index contributed by atoms with van der Waals surface area (Å²) in [6, 6.07) is 1.79. The number of aromatic hydroxyl groups is 1. The fraction of sp³-hybridized carbons (Fsp3) is 0.294. The van der Waals surface area contributed by atoms with Crippen molar-refractivity contribution in [1.82, 2.24) is 10.2 Å². The zero-order valence-electron chi connectivity index (χ0n) is 14.1. The van der Waals surface area contributed by atoms with Crippen LogP contribution >= 0.6 is 11.6 Å². The molecule has 1 aromatic carbocycles. The summed E-state index contributed by atoms with van der Waals surface area (Å²) < 4.78 is 10.2. The molecule has 0 saturated carbocycles. The van der Waals surface area contributed by atoms with Crippen LogP contribution in [0.25, 0.3) is 0 Å². The number of rotatable bonds is 5. The van der Waals surface area contributed by atoms with Crippen molar-refractivity contribution >= 4 is 23.6 Å². The quantitative estimate of drug-likeness (QED) is 0.618. The summed E-state index contributed by atoms with van der Waals surface area (Å²) in [7, 11) is 2.93. The average molecular weight is 367 g/mol. The van der Waals surface area contributed by atoms with Gasteiger partial charge in [-0.05, 0) is 24.6 Å². The molecule has 0 fully saturated rings. The van der Waals surface area contributed by atoms with Crippen LogP contribution in [0, 0.1) is 0 Å². The lowest BCUT2D eigenvalue weighted by molar-refractivity contribution is -0.138. The third-order valence-electron chi connectivity index (χ3n) is 3.91. The van der Waals surface area contributed by atoms with E-state index in [1.165, 1.54) is 30.2 Å². The highest BCUT2D eigenvalue weighted by Gasteiger charge is 2.35. The fourth-order valence-electron chi connectivity index (χ4n) is 2.48. The van der Waals surface area contributed by atoms with Crippen LogP contribution in [0.4, 0.5) is 4.79 Å². The molecule has 1 heterocycles. The third kappa shape index (κ3) is 3.56. The van der Waals surface area contributed by atoms with Crippen LogP contribution < -0.4 is 10.1 Å². The number of phenolic OH excluding ortho intramolecular Hbond substituents is 1. The largest absolute Gasteiger partial charge is 0.503 e. The predicted molar refractivity (Wildman–Crippen MR) is 92.6 cm³/mol. The van der Waals surface area contributed by atoms with E-state index in [9.17, 15) is 14.7 Å². The zero-order chi connectivity index (χ0) is 18.7. The van der Waals surface area contributed by atoms with Crippen LogP contribution in [0.5, 0.6) is 11.5 Å². The van der Waals surface area contributed by atoms with Crippen molar-refractivity contribution in [1.29, 1.82) is 0 Å². The molecule has 0 radical (unpaired) electrons. The van der Waals surface area contributed by atoms with E-state index in [1.54, 1.807) is 14.0 Å². The molecule has 0 aromatic heterocycles. The predicted octanol–water partition coefficient (Wildman–Crippen LogP) is 2.75. The van der Waals surface area contributed by atoms with Crippen molar-refractivity contribution in [2.45, 2.75) is 13.0 Å². The van der Waals surface area contributed by atoms with Crippen molar-refractivity contribution in [2.75, 3.05) is 20.8 Å². The summed E-state index contributed by atoms with van der Waals surface area (Å²) >= 11 is 6.03. The van der Waals surface area contributed by atoms with E-state index in [4.69, 9.17) is 21.1 Å². The van der Waals surface area contributed by atoms with Crippen LogP contribution in [0.1, 0.15) is 18.5 Å². The van der Waals surface area contributed by atoms with E-state index >= 15 is 0 Å². The number of amides is 2. The van der Waals surface area contributed by atoms with Crippen LogP contribution in [-0.2, 0) is 9.53 Å². The van der Waals surface area contributed by atoms with Gasteiger partial charge in [0, 0.05) is 12.7 Å². The van der Waals surface area contributed by atoms with E-state index < -0.39 is 12.0 Å². The Morgan fingerprint density at radius 1 is 1.52 bits per heavy atom. The molecule has 2 N–H and O–H groups in total. The van der Waals surface area contributed by atoms with Gasteiger partial charge in [0.1, 0.15) is 6.61 Å². The smallest absolute Gasteiger partial charge is 0.338 e. The van der Waals surface area contributed by atoms with Crippen molar-refractivity contribution < 1.29 is 24.2 Å². The molecule has 0 aliphatic carbocycles. The summed E-state index contributed by atoms with van der Waals surface area (Å²) in [5.41, 5.74) is 1.18. The topological polar surface area (TPSA) is 88.1 Å². The number of esters is 1. The molecule has 0 spiro atoms. The third-order valence-corrected chi connectivity index (χ3v) is 4.20. The van der Waals surface area contributed by atoms with E-state index in [0.29, 0.717) is 11.3 Å². The number of allylic oxidation sites excluding steroid dienone is 1. The molecule has 2 rings (SSSR count). The molecule has 1 atom stereocenters. The Morgan fingerprint density at radius 2 is 2.20 bits per heavy atom. The number of carbonyl (C=O) groups is 2. The number of halogens is 1. The van der Waals surface area contributed by atoms with Gasteiger partial charge in [-0.1, -0.05) is 24.3 Å². The number of urea groups is 1. The van der Waals surface area contributed by atoms with Gasteiger partial charge in [-0.2, -0.15) is 0 Å². The van der Waals surface area contributed by atoms with Gasteiger partial charge in [-0.3, -0.25) is 0 Å². The van der Waals surface area contributed by atoms with Crippen molar-refractivity contribution in [2.24, 2.45) is 0 Å². The van der Waals surface area contributed by atoms with Crippen LogP contribution in [0.3, 0.4) is 0 Å². The number of hydrogen-bond acceptors (Lipinski definition) is 5. The monoisotopic (exact) mass is 366 g/mol. The lowest BCUT2D eigenvalue weighted by Crippen LogP contribution is -2.46. The second-order valence-corrected chi connectivity index (χ2v) is 5.79. The SMILES string of the molecule is C=CCOC(=O)C1=C(C)N(C)C(=O)NC1c1cc(Cl)c(O)c(OC)c1. The zero-order valence-corrected chi connectivity index (χ0v) is 14.9. The molecule has 7 nitrogen and oxygen atoms in total. The minimum atomic E-state index is -0.798. The van der Waals surface area contributed by atoms with Gasteiger partial charge in [0.05, 0.1) is 23.7 Å². The number of nitrogens with zero attached hydrogens (tertiary/aromatic N) is 1. The maximum Gasteiger partial charge on any atom is 0.338 e. The first kappa shape index (κ1) is 18.7. The van der Waals surface area contributed by atoms with Gasteiger partial charge in [0.25, 0.3) is 0 Å². The molecule has 0 saturated heterocycles. The standard InChI is InChI=1S/C17H19ClN2O5/c1-5-6-25-16(22)13-9(2)20(3)17(23)19-14(13)10-7-11(18)15(21)12(8-10)24-4/h5,7-8,14,21H,1,6H2,2-4H3,(H,19,23). The molecule has 8 heteroatoms. The normalized spacial score (nSPS) is 17.2. The van der Waals surface area contributed by atoms with Gasteiger partial charge in [0.2, 0.25) is 0 Å². The Kier molecular flexibility index (Phi) is 5.58. The minimum Gasteiger partial charge on any atom is -0.503 e. The lowest BCUT2D eigenvalue weighted by Gasteiger charge is -2.33. The molecule has 1 unspecified atom stereocenters. The molecular formula is C17H19ClN2O5. The Hall–Kier alpha value is -2.67. The summed E-state index contributed by atoms with van der Waals surface area (Å²) in [5.74, 6) is -0.673. The Balaban J connectivity index is 2.56. The van der Waals surface area contributed by atoms with E-state index in [2.05, 4.69) is 11.9 Å². The number of carbonyl (C=O) groups excluding carboxylic acids is 2. The van der Waals surface area contributed by atoms with Gasteiger partial charge >= 0.3 is 12.0 Å². The molecule has 1 aliphatic rings. The van der Waals surface area contributed by atoms with Crippen molar-refractivity contribution in [3.63, 3.8) is 0 Å². The number of phenols is 1. The summed E-state index contributed by atoms with van der Waals surface area (Å²) in [6.45, 7) is 5.20. The first-order valence-electron chi connectivity index (χ1n) is 7.41. The Morgan fingerprint density at radius 3 is 2.80 bits per heavy atom. The molecule has 0 bridgehead atoms.